The fourth-order valence-electron chi connectivity index (χ4n) is 2.37. The fraction of sp³-hybridized carbons (Fsp3) is 0.235. The first-order valence-corrected chi connectivity index (χ1v) is 7.57. The second-order valence-corrected chi connectivity index (χ2v) is 5.88. The van der Waals surface area contributed by atoms with Crippen LogP contribution >= 0.6 is 11.8 Å². The zero-order valence-corrected chi connectivity index (χ0v) is 13.2. The number of benzene rings is 2. The normalized spacial score (nSPS) is 13.4. The van der Waals surface area contributed by atoms with Crippen molar-refractivity contribution in [2.24, 2.45) is 4.99 Å². The maximum atomic E-state index is 5.39. The topological polar surface area (TPSA) is 30.8 Å². The van der Waals surface area contributed by atoms with Gasteiger partial charge in [-0.1, -0.05) is 36.0 Å². The van der Waals surface area contributed by atoms with Crippen molar-refractivity contribution in [2.75, 3.05) is 14.2 Å². The lowest BCUT2D eigenvalue weighted by Gasteiger charge is -2.19. The van der Waals surface area contributed by atoms with Gasteiger partial charge in [-0.15, -0.1) is 0 Å². The molecular weight excluding hydrogens is 282 g/mol. The molecule has 0 radical (unpaired) electrons. The van der Waals surface area contributed by atoms with Crippen LogP contribution in [0.15, 0.2) is 46.3 Å². The molecule has 1 aliphatic heterocycles. The lowest BCUT2D eigenvalue weighted by molar-refractivity contribution is 0.353. The van der Waals surface area contributed by atoms with Gasteiger partial charge in [0.25, 0.3) is 0 Å². The molecule has 2 aromatic carbocycles. The molecule has 1 heterocycles. The Balaban J connectivity index is 1.98. The van der Waals surface area contributed by atoms with Crippen LogP contribution in [0.2, 0.25) is 0 Å². The number of hydrogen-bond acceptors (Lipinski definition) is 4. The number of rotatable bonds is 3. The summed E-state index contributed by atoms with van der Waals surface area (Å²) >= 11 is 1.69. The highest BCUT2D eigenvalue weighted by Gasteiger charge is 2.19. The standard InChI is InChI=1S/C17H17NO2S/c1-11-6-4-5-7-13(11)17-18-10-12-8-14(19-2)15(20-3)9-16(12)21-17/h4-9H,10H2,1-3H3. The third kappa shape index (κ3) is 2.63. The highest BCUT2D eigenvalue weighted by Crippen LogP contribution is 2.39. The number of thioether (sulfide) groups is 1. The van der Waals surface area contributed by atoms with Gasteiger partial charge in [-0.2, -0.15) is 0 Å². The largest absolute Gasteiger partial charge is 0.493 e. The van der Waals surface area contributed by atoms with E-state index in [2.05, 4.69) is 31.2 Å². The van der Waals surface area contributed by atoms with Gasteiger partial charge >= 0.3 is 0 Å². The van der Waals surface area contributed by atoms with Crippen LogP contribution in [0, 0.1) is 6.92 Å². The Morgan fingerprint density at radius 2 is 1.76 bits per heavy atom. The van der Waals surface area contributed by atoms with E-state index >= 15 is 0 Å². The monoisotopic (exact) mass is 299 g/mol. The average molecular weight is 299 g/mol. The van der Waals surface area contributed by atoms with E-state index in [0.29, 0.717) is 6.54 Å². The minimum absolute atomic E-state index is 0.673. The Morgan fingerprint density at radius 3 is 2.48 bits per heavy atom. The zero-order valence-electron chi connectivity index (χ0n) is 12.3. The molecule has 0 unspecified atom stereocenters. The second kappa shape index (κ2) is 5.82. The summed E-state index contributed by atoms with van der Waals surface area (Å²) in [7, 11) is 3.32. The first-order chi connectivity index (χ1) is 10.2. The summed E-state index contributed by atoms with van der Waals surface area (Å²) in [5.74, 6) is 1.51. The molecule has 0 N–H and O–H groups in total. The Bertz CT molecular complexity index is 710. The van der Waals surface area contributed by atoms with Crippen LogP contribution < -0.4 is 9.47 Å². The van der Waals surface area contributed by atoms with Crippen LogP contribution in [0.5, 0.6) is 11.5 Å². The zero-order chi connectivity index (χ0) is 14.8. The lowest BCUT2D eigenvalue weighted by atomic mass is 10.1. The Kier molecular flexibility index (Phi) is 3.88. The Labute approximate surface area is 129 Å². The van der Waals surface area contributed by atoms with Crippen molar-refractivity contribution < 1.29 is 9.47 Å². The molecule has 0 spiro atoms. The van der Waals surface area contributed by atoms with E-state index in [0.717, 1.165) is 16.5 Å². The summed E-state index contributed by atoms with van der Waals surface area (Å²) < 4.78 is 10.7. The van der Waals surface area contributed by atoms with Gasteiger partial charge in [0.2, 0.25) is 0 Å². The number of aliphatic imine (C=N–C) groups is 1. The number of methoxy groups -OCH3 is 2. The predicted octanol–water partition coefficient (Wildman–Crippen LogP) is 4.06. The molecule has 0 aromatic heterocycles. The van der Waals surface area contributed by atoms with Crippen molar-refractivity contribution >= 4 is 16.8 Å². The molecule has 3 rings (SSSR count). The highest BCUT2D eigenvalue weighted by atomic mass is 32.2. The summed E-state index contributed by atoms with van der Waals surface area (Å²) in [6, 6.07) is 12.4. The van der Waals surface area contributed by atoms with E-state index in [1.54, 1.807) is 26.0 Å². The van der Waals surface area contributed by atoms with Gasteiger partial charge < -0.3 is 9.47 Å². The van der Waals surface area contributed by atoms with Crippen LogP contribution in [-0.4, -0.2) is 19.3 Å². The van der Waals surface area contributed by atoms with Gasteiger partial charge in [-0.05, 0) is 30.2 Å². The van der Waals surface area contributed by atoms with Crippen molar-refractivity contribution in [3.63, 3.8) is 0 Å². The number of nitrogens with zero attached hydrogens (tertiary/aromatic N) is 1. The van der Waals surface area contributed by atoms with Gasteiger partial charge in [-0.3, -0.25) is 4.99 Å². The molecule has 0 saturated heterocycles. The third-order valence-corrected chi connectivity index (χ3v) is 4.68. The van der Waals surface area contributed by atoms with E-state index < -0.39 is 0 Å². The molecular formula is C17H17NO2S. The van der Waals surface area contributed by atoms with Gasteiger partial charge in [0.1, 0.15) is 5.04 Å². The van der Waals surface area contributed by atoms with Crippen LogP contribution in [0.4, 0.5) is 0 Å². The smallest absolute Gasteiger partial charge is 0.161 e. The summed E-state index contributed by atoms with van der Waals surface area (Å²) in [5.41, 5.74) is 3.62. The molecule has 1 aliphatic rings. The Hall–Kier alpha value is -1.94. The molecule has 0 amide bonds. The van der Waals surface area contributed by atoms with Crippen LogP contribution in [0.25, 0.3) is 0 Å². The molecule has 21 heavy (non-hydrogen) atoms. The van der Waals surface area contributed by atoms with E-state index in [4.69, 9.17) is 14.5 Å². The van der Waals surface area contributed by atoms with Crippen LogP contribution in [0.1, 0.15) is 16.7 Å². The van der Waals surface area contributed by atoms with Gasteiger partial charge in [0, 0.05) is 10.5 Å². The van der Waals surface area contributed by atoms with E-state index in [9.17, 15) is 0 Å². The van der Waals surface area contributed by atoms with Crippen LogP contribution in [-0.2, 0) is 6.54 Å². The van der Waals surface area contributed by atoms with Crippen LogP contribution in [0.3, 0.4) is 0 Å². The number of fused-ring (bicyclic) bond motifs is 1. The molecule has 0 atom stereocenters. The SMILES string of the molecule is COc1cc2c(cc1OC)SC(c1ccccc1C)=NC2. The van der Waals surface area contributed by atoms with Gasteiger partial charge in [-0.25, -0.2) is 0 Å². The van der Waals surface area contributed by atoms with Crippen molar-refractivity contribution in [1.82, 2.24) is 0 Å². The lowest BCUT2D eigenvalue weighted by Crippen LogP contribution is -2.06. The summed E-state index contributed by atoms with van der Waals surface area (Å²) in [6.07, 6.45) is 0. The molecule has 0 saturated carbocycles. The van der Waals surface area contributed by atoms with Crippen molar-refractivity contribution in [2.45, 2.75) is 18.4 Å². The molecule has 0 aliphatic carbocycles. The maximum absolute atomic E-state index is 5.39. The number of aryl methyl sites for hydroxylation is 1. The molecule has 108 valence electrons. The van der Waals surface area contributed by atoms with E-state index in [1.807, 2.05) is 12.1 Å². The highest BCUT2D eigenvalue weighted by molar-refractivity contribution is 8.14. The van der Waals surface area contributed by atoms with Gasteiger partial charge in [0.15, 0.2) is 11.5 Å². The predicted molar refractivity (Wildman–Crippen MR) is 86.8 cm³/mol. The third-order valence-electron chi connectivity index (χ3n) is 3.54. The number of ether oxygens (including phenoxy) is 2. The minimum atomic E-state index is 0.673. The second-order valence-electron chi connectivity index (χ2n) is 4.85. The molecule has 0 bridgehead atoms. The van der Waals surface area contributed by atoms with Crippen molar-refractivity contribution in [3.8, 4) is 11.5 Å². The summed E-state index contributed by atoms with van der Waals surface area (Å²) in [5, 5.41) is 1.06. The quantitative estimate of drug-likeness (QED) is 0.856. The average Bonchev–Trinajstić information content (AvgIpc) is 2.53. The number of hydrogen-bond donors (Lipinski definition) is 0. The Morgan fingerprint density at radius 1 is 1.05 bits per heavy atom. The van der Waals surface area contributed by atoms with E-state index in [1.165, 1.54) is 21.6 Å². The van der Waals surface area contributed by atoms with E-state index in [-0.39, 0.29) is 0 Å². The molecule has 2 aromatic rings. The van der Waals surface area contributed by atoms with Gasteiger partial charge in [0.05, 0.1) is 20.8 Å². The minimum Gasteiger partial charge on any atom is -0.493 e. The molecule has 4 heteroatoms. The summed E-state index contributed by atoms with van der Waals surface area (Å²) in [6.45, 7) is 2.79. The first kappa shape index (κ1) is 14.0. The first-order valence-electron chi connectivity index (χ1n) is 6.76. The summed E-state index contributed by atoms with van der Waals surface area (Å²) in [4.78, 5) is 5.90. The molecule has 3 nitrogen and oxygen atoms in total. The van der Waals surface area contributed by atoms with Crippen molar-refractivity contribution in [1.29, 1.82) is 0 Å². The van der Waals surface area contributed by atoms with Crippen molar-refractivity contribution in [3.05, 3.63) is 53.1 Å². The fourth-order valence-corrected chi connectivity index (χ4v) is 3.46. The molecule has 0 fully saturated rings. The maximum Gasteiger partial charge on any atom is 0.161 e.